The van der Waals surface area contributed by atoms with Crippen LogP contribution in [0.1, 0.15) is 24.2 Å². The summed E-state index contributed by atoms with van der Waals surface area (Å²) in [7, 11) is 1.23. The van der Waals surface area contributed by atoms with E-state index in [0.29, 0.717) is 10.7 Å². The summed E-state index contributed by atoms with van der Waals surface area (Å²) < 4.78 is 11.8. The van der Waals surface area contributed by atoms with Gasteiger partial charge in [0, 0.05) is 37.5 Å². The van der Waals surface area contributed by atoms with E-state index in [4.69, 9.17) is 26.8 Å². The average Bonchev–Trinajstić information content (AvgIpc) is 2.75. The van der Waals surface area contributed by atoms with E-state index in [-0.39, 0.29) is 28.6 Å². The number of amides is 1. The number of carbonyl (C=O) groups is 3. The Labute approximate surface area is 197 Å². The topological polar surface area (TPSA) is 152 Å². The van der Waals surface area contributed by atoms with Crippen molar-refractivity contribution in [2.75, 3.05) is 11.1 Å². The summed E-state index contributed by atoms with van der Waals surface area (Å²) in [4.78, 5) is 61.1. The number of carbonyl (C=O) groups excluding carboxylic acids is 3. The maximum Gasteiger partial charge on any atom is 0.337 e. The summed E-state index contributed by atoms with van der Waals surface area (Å²) in [6.45, 7) is 2.31. The van der Waals surface area contributed by atoms with Gasteiger partial charge in [0.1, 0.15) is 23.0 Å². The van der Waals surface area contributed by atoms with Gasteiger partial charge in [-0.05, 0) is 36.4 Å². The van der Waals surface area contributed by atoms with Crippen LogP contribution in [0, 0.1) is 0 Å². The van der Waals surface area contributed by atoms with Gasteiger partial charge in [-0.3, -0.25) is 23.7 Å². The normalized spacial score (nSPS) is 10.5. The Morgan fingerprint density at radius 3 is 1.97 bits per heavy atom. The molecule has 0 bridgehead atoms. The lowest BCUT2D eigenvalue weighted by atomic mass is 10.2. The van der Waals surface area contributed by atoms with E-state index in [1.807, 2.05) is 0 Å². The fourth-order valence-electron chi connectivity index (χ4n) is 3.02. The van der Waals surface area contributed by atoms with Crippen molar-refractivity contribution in [2.45, 2.75) is 13.8 Å². The Hall–Kier alpha value is -4.38. The van der Waals surface area contributed by atoms with E-state index >= 15 is 0 Å². The van der Waals surface area contributed by atoms with Gasteiger partial charge in [-0.25, -0.2) is 9.36 Å². The number of anilines is 2. The SMILES string of the molecule is CC(=O)Oc1cc(OC(C)=O)cc(C(=O)Nc2c(N)n(-c3ccc(Cl)cc3)c(=O)n(C)c2=O)c1. The molecule has 3 aromatic rings. The Morgan fingerprint density at radius 1 is 0.941 bits per heavy atom. The number of halogens is 1. The van der Waals surface area contributed by atoms with Gasteiger partial charge in [0.2, 0.25) is 0 Å². The third kappa shape index (κ3) is 5.15. The summed E-state index contributed by atoms with van der Waals surface area (Å²) in [6.07, 6.45) is 0. The lowest BCUT2D eigenvalue weighted by Gasteiger charge is -2.16. The summed E-state index contributed by atoms with van der Waals surface area (Å²) in [5.74, 6) is -2.63. The molecule has 0 unspecified atom stereocenters. The number of rotatable bonds is 5. The van der Waals surface area contributed by atoms with Crippen LogP contribution in [-0.4, -0.2) is 27.0 Å². The van der Waals surface area contributed by atoms with Crippen LogP contribution in [0.5, 0.6) is 11.5 Å². The zero-order chi connectivity index (χ0) is 25.2. The van der Waals surface area contributed by atoms with Crippen molar-refractivity contribution < 1.29 is 23.9 Å². The second-order valence-electron chi connectivity index (χ2n) is 7.05. The van der Waals surface area contributed by atoms with Crippen LogP contribution in [0.25, 0.3) is 5.69 Å². The van der Waals surface area contributed by atoms with E-state index in [2.05, 4.69) is 5.32 Å². The van der Waals surface area contributed by atoms with E-state index in [1.165, 1.54) is 49.5 Å². The van der Waals surface area contributed by atoms with Crippen LogP contribution in [0.4, 0.5) is 11.5 Å². The molecule has 176 valence electrons. The van der Waals surface area contributed by atoms with Gasteiger partial charge < -0.3 is 20.5 Å². The van der Waals surface area contributed by atoms with Crippen molar-refractivity contribution in [2.24, 2.45) is 7.05 Å². The van der Waals surface area contributed by atoms with Crippen molar-refractivity contribution in [1.82, 2.24) is 9.13 Å². The lowest BCUT2D eigenvalue weighted by molar-refractivity contribution is -0.132. The highest BCUT2D eigenvalue weighted by Crippen LogP contribution is 2.25. The van der Waals surface area contributed by atoms with Crippen LogP contribution >= 0.6 is 11.6 Å². The first-order valence-electron chi connectivity index (χ1n) is 9.68. The first kappa shape index (κ1) is 24.3. The fraction of sp³-hybridized carbons (Fsp3) is 0.136. The van der Waals surface area contributed by atoms with Crippen LogP contribution < -0.4 is 31.8 Å². The second kappa shape index (κ2) is 9.63. The largest absolute Gasteiger partial charge is 0.427 e. The van der Waals surface area contributed by atoms with Crippen molar-refractivity contribution in [3.8, 4) is 17.2 Å². The molecule has 0 radical (unpaired) electrons. The zero-order valence-corrected chi connectivity index (χ0v) is 19.0. The van der Waals surface area contributed by atoms with Gasteiger partial charge in [0.05, 0.1) is 5.69 Å². The summed E-state index contributed by atoms with van der Waals surface area (Å²) in [6, 6.07) is 9.76. The van der Waals surface area contributed by atoms with Crippen LogP contribution in [0.3, 0.4) is 0 Å². The van der Waals surface area contributed by atoms with Crippen molar-refractivity contribution in [1.29, 1.82) is 0 Å². The van der Waals surface area contributed by atoms with Crippen LogP contribution in [-0.2, 0) is 16.6 Å². The van der Waals surface area contributed by atoms with E-state index in [1.54, 1.807) is 0 Å². The quantitative estimate of drug-likeness (QED) is 0.409. The van der Waals surface area contributed by atoms with Crippen molar-refractivity contribution in [3.05, 3.63) is 73.9 Å². The molecule has 11 nitrogen and oxygen atoms in total. The number of hydrogen-bond donors (Lipinski definition) is 2. The number of nitrogens with one attached hydrogen (secondary N) is 1. The average molecular weight is 487 g/mol. The fourth-order valence-corrected chi connectivity index (χ4v) is 3.15. The van der Waals surface area contributed by atoms with Gasteiger partial charge in [-0.2, -0.15) is 0 Å². The number of aromatic nitrogens is 2. The molecule has 0 aliphatic rings. The minimum absolute atomic E-state index is 0.0663. The standard InChI is InChI=1S/C22H19ClN4O7/c1-11(28)33-16-8-13(9-17(10-16)34-12(2)29)20(30)25-18-19(24)27(22(32)26(3)21(18)31)15-6-4-14(23)5-7-15/h4-10H,24H2,1-3H3,(H,25,30). The van der Waals surface area contributed by atoms with Gasteiger partial charge >= 0.3 is 17.6 Å². The first-order chi connectivity index (χ1) is 16.0. The first-order valence-corrected chi connectivity index (χ1v) is 10.1. The third-order valence-corrected chi connectivity index (χ3v) is 4.73. The highest BCUT2D eigenvalue weighted by Gasteiger charge is 2.20. The number of nitrogens with two attached hydrogens (primary N) is 1. The van der Waals surface area contributed by atoms with E-state index in [0.717, 1.165) is 23.0 Å². The molecule has 0 atom stereocenters. The zero-order valence-electron chi connectivity index (χ0n) is 18.2. The van der Waals surface area contributed by atoms with E-state index < -0.39 is 29.1 Å². The Bertz CT molecular complexity index is 1390. The van der Waals surface area contributed by atoms with E-state index in [9.17, 15) is 24.0 Å². The molecule has 1 aromatic heterocycles. The number of benzene rings is 2. The smallest absolute Gasteiger partial charge is 0.337 e. The third-order valence-electron chi connectivity index (χ3n) is 4.48. The molecule has 0 saturated carbocycles. The highest BCUT2D eigenvalue weighted by molar-refractivity contribution is 6.30. The number of nitrogens with zero attached hydrogens (tertiary/aromatic N) is 2. The number of esters is 2. The molecule has 34 heavy (non-hydrogen) atoms. The second-order valence-corrected chi connectivity index (χ2v) is 7.49. The van der Waals surface area contributed by atoms with Crippen LogP contribution in [0.2, 0.25) is 5.02 Å². The van der Waals surface area contributed by atoms with Gasteiger partial charge in [0.25, 0.3) is 11.5 Å². The van der Waals surface area contributed by atoms with Crippen molar-refractivity contribution >= 4 is 41.0 Å². The molecule has 0 saturated heterocycles. The van der Waals surface area contributed by atoms with Crippen LogP contribution in [0.15, 0.2) is 52.1 Å². The summed E-state index contributed by atoms with van der Waals surface area (Å²) >= 11 is 5.90. The number of nitrogen functional groups attached to an aromatic ring is 1. The number of hydrogen-bond acceptors (Lipinski definition) is 8. The monoisotopic (exact) mass is 486 g/mol. The molecular formula is C22H19ClN4O7. The minimum Gasteiger partial charge on any atom is -0.427 e. The summed E-state index contributed by atoms with van der Waals surface area (Å²) in [5, 5.41) is 2.80. The molecule has 1 heterocycles. The van der Waals surface area contributed by atoms with Gasteiger partial charge in [-0.1, -0.05) is 11.6 Å². The molecule has 12 heteroatoms. The summed E-state index contributed by atoms with van der Waals surface area (Å²) in [5.41, 5.74) is 4.35. The Kier molecular flexibility index (Phi) is 6.87. The Morgan fingerprint density at radius 2 is 1.47 bits per heavy atom. The molecule has 0 fully saturated rings. The highest BCUT2D eigenvalue weighted by atomic mass is 35.5. The Balaban J connectivity index is 2.09. The maximum absolute atomic E-state index is 13.0. The van der Waals surface area contributed by atoms with Gasteiger partial charge in [-0.15, -0.1) is 0 Å². The molecule has 0 aliphatic carbocycles. The molecule has 0 spiro atoms. The molecule has 1 amide bonds. The molecular weight excluding hydrogens is 468 g/mol. The molecule has 0 aliphatic heterocycles. The predicted octanol–water partition coefficient (Wildman–Crippen LogP) is 1.87. The van der Waals surface area contributed by atoms with Crippen molar-refractivity contribution in [3.63, 3.8) is 0 Å². The minimum atomic E-state index is -0.850. The van der Waals surface area contributed by atoms with Gasteiger partial charge in [0.15, 0.2) is 0 Å². The lowest BCUT2D eigenvalue weighted by Crippen LogP contribution is -2.40. The molecule has 2 aromatic carbocycles. The molecule has 3 N–H and O–H groups in total. The molecule has 3 rings (SSSR count). The number of ether oxygens (including phenoxy) is 2. The predicted molar refractivity (Wildman–Crippen MR) is 124 cm³/mol. The maximum atomic E-state index is 13.0.